The SMILES string of the molecule is Cn1c(SCCCN2CCC3(CC3Cc3ccc(C(F)(F)F)cc3)C2)nnc1-c1ccccn1. The Bertz CT molecular complexity index is 1120. The number of halogens is 3. The van der Waals surface area contributed by atoms with Crippen LogP contribution < -0.4 is 0 Å². The first-order valence-electron chi connectivity index (χ1n) is 11.7. The Morgan fingerprint density at radius 1 is 1.12 bits per heavy atom. The maximum atomic E-state index is 12.8. The number of nitrogens with zero attached hydrogens (tertiary/aromatic N) is 5. The smallest absolute Gasteiger partial charge is 0.304 e. The van der Waals surface area contributed by atoms with Gasteiger partial charge in [0.15, 0.2) is 11.0 Å². The molecule has 1 spiro atoms. The first-order valence-corrected chi connectivity index (χ1v) is 12.6. The lowest BCUT2D eigenvalue weighted by molar-refractivity contribution is -0.137. The molecule has 2 fully saturated rings. The molecule has 2 unspecified atom stereocenters. The normalized spacial score (nSPS) is 22.5. The minimum absolute atomic E-state index is 0.372. The minimum Gasteiger partial charge on any atom is -0.304 e. The van der Waals surface area contributed by atoms with E-state index in [9.17, 15) is 13.2 Å². The highest BCUT2D eigenvalue weighted by Crippen LogP contribution is 2.59. The lowest BCUT2D eigenvalue weighted by Crippen LogP contribution is -2.23. The summed E-state index contributed by atoms with van der Waals surface area (Å²) >= 11 is 1.72. The molecule has 0 amide bonds. The number of hydrogen-bond donors (Lipinski definition) is 0. The molecule has 0 bridgehead atoms. The fourth-order valence-corrected chi connectivity index (χ4v) is 5.95. The predicted molar refractivity (Wildman–Crippen MR) is 126 cm³/mol. The van der Waals surface area contributed by atoms with Gasteiger partial charge in [0.05, 0.1) is 5.56 Å². The topological polar surface area (TPSA) is 46.8 Å². The Kier molecular flexibility index (Phi) is 6.41. The van der Waals surface area contributed by atoms with E-state index in [-0.39, 0.29) is 0 Å². The van der Waals surface area contributed by atoms with E-state index in [0.717, 1.165) is 60.5 Å². The Hall–Kier alpha value is -2.39. The van der Waals surface area contributed by atoms with Crippen molar-refractivity contribution in [1.82, 2.24) is 24.6 Å². The van der Waals surface area contributed by atoms with Gasteiger partial charge in [0.2, 0.25) is 0 Å². The van der Waals surface area contributed by atoms with E-state index < -0.39 is 11.7 Å². The van der Waals surface area contributed by atoms with Gasteiger partial charge in [-0.2, -0.15) is 13.2 Å². The van der Waals surface area contributed by atoms with Gasteiger partial charge in [-0.15, -0.1) is 10.2 Å². The largest absolute Gasteiger partial charge is 0.416 e. The average Bonchev–Trinajstić information content (AvgIpc) is 3.12. The Morgan fingerprint density at radius 2 is 1.94 bits per heavy atom. The third-order valence-electron chi connectivity index (χ3n) is 7.17. The quantitative estimate of drug-likeness (QED) is 0.317. The van der Waals surface area contributed by atoms with Crippen molar-refractivity contribution in [3.8, 4) is 11.5 Å². The van der Waals surface area contributed by atoms with Crippen molar-refractivity contribution in [2.24, 2.45) is 18.4 Å². The van der Waals surface area contributed by atoms with E-state index in [1.54, 1.807) is 30.1 Å². The standard InChI is InChI=1S/C25H28F3N5S/c1-32-22(21-5-2-3-11-29-21)30-31-23(32)34-14-4-12-33-13-10-24(17-33)16-20(24)15-18-6-8-19(9-7-18)25(26,27)28/h2-3,5-9,11,20H,4,10,12-17H2,1H3. The summed E-state index contributed by atoms with van der Waals surface area (Å²) in [5.74, 6) is 2.34. The van der Waals surface area contributed by atoms with Gasteiger partial charge in [-0.25, -0.2) is 0 Å². The summed E-state index contributed by atoms with van der Waals surface area (Å²) in [7, 11) is 1.97. The summed E-state index contributed by atoms with van der Waals surface area (Å²) in [6.45, 7) is 3.28. The van der Waals surface area contributed by atoms with Crippen LogP contribution in [0.5, 0.6) is 0 Å². The molecule has 1 saturated carbocycles. The number of rotatable bonds is 8. The van der Waals surface area contributed by atoms with Gasteiger partial charge >= 0.3 is 6.18 Å². The number of pyridine rings is 1. The van der Waals surface area contributed by atoms with E-state index in [4.69, 9.17) is 0 Å². The second kappa shape index (κ2) is 9.34. The monoisotopic (exact) mass is 487 g/mol. The van der Waals surface area contributed by atoms with Gasteiger partial charge in [-0.1, -0.05) is 30.0 Å². The van der Waals surface area contributed by atoms with Crippen LogP contribution in [0.3, 0.4) is 0 Å². The van der Waals surface area contributed by atoms with E-state index in [1.807, 2.05) is 29.8 Å². The van der Waals surface area contributed by atoms with Gasteiger partial charge < -0.3 is 9.47 Å². The Balaban J connectivity index is 1.05. The highest BCUT2D eigenvalue weighted by Gasteiger charge is 2.56. The first-order chi connectivity index (χ1) is 16.3. The molecule has 1 aliphatic carbocycles. The zero-order valence-corrected chi connectivity index (χ0v) is 19.9. The highest BCUT2D eigenvalue weighted by molar-refractivity contribution is 7.99. The lowest BCUT2D eigenvalue weighted by atomic mass is 9.98. The number of hydrogen-bond acceptors (Lipinski definition) is 5. The number of benzene rings is 1. The lowest BCUT2D eigenvalue weighted by Gasteiger charge is -2.16. The number of likely N-dealkylation sites (tertiary alicyclic amines) is 1. The van der Waals surface area contributed by atoms with E-state index >= 15 is 0 Å². The summed E-state index contributed by atoms with van der Waals surface area (Å²) in [5, 5.41) is 9.52. The zero-order valence-electron chi connectivity index (χ0n) is 19.1. The molecule has 9 heteroatoms. The molecule has 34 heavy (non-hydrogen) atoms. The molecule has 1 saturated heterocycles. The molecular weight excluding hydrogens is 459 g/mol. The van der Waals surface area contributed by atoms with Crippen molar-refractivity contribution in [1.29, 1.82) is 0 Å². The highest BCUT2D eigenvalue weighted by atomic mass is 32.2. The third kappa shape index (κ3) is 5.00. The third-order valence-corrected chi connectivity index (χ3v) is 8.27. The molecule has 5 rings (SSSR count). The summed E-state index contributed by atoms with van der Waals surface area (Å²) < 4.78 is 40.3. The molecule has 2 aromatic heterocycles. The molecule has 2 aliphatic rings. The van der Waals surface area contributed by atoms with Crippen molar-refractivity contribution in [2.45, 2.75) is 37.0 Å². The van der Waals surface area contributed by atoms with Crippen LogP contribution in [-0.4, -0.2) is 50.0 Å². The van der Waals surface area contributed by atoms with Crippen LogP contribution in [0, 0.1) is 11.3 Å². The molecule has 180 valence electrons. The van der Waals surface area contributed by atoms with Crippen molar-refractivity contribution >= 4 is 11.8 Å². The molecule has 0 N–H and O–H groups in total. The van der Waals surface area contributed by atoms with Crippen LogP contribution in [0.1, 0.15) is 30.4 Å². The van der Waals surface area contributed by atoms with Gasteiger partial charge in [-0.05, 0) is 79.9 Å². The summed E-state index contributed by atoms with van der Waals surface area (Å²) in [5.41, 5.74) is 1.64. The molecule has 3 heterocycles. The van der Waals surface area contributed by atoms with Gasteiger partial charge in [0.25, 0.3) is 0 Å². The van der Waals surface area contributed by atoms with Gasteiger partial charge in [0.1, 0.15) is 5.69 Å². The summed E-state index contributed by atoms with van der Waals surface area (Å²) in [4.78, 5) is 6.90. The maximum absolute atomic E-state index is 12.8. The zero-order chi connectivity index (χ0) is 23.8. The predicted octanol–water partition coefficient (Wildman–Crippen LogP) is 5.33. The van der Waals surface area contributed by atoms with Crippen LogP contribution in [0.15, 0.2) is 53.8 Å². The molecular formula is C25H28F3N5S. The molecule has 3 aromatic rings. The summed E-state index contributed by atoms with van der Waals surface area (Å²) in [6, 6.07) is 11.5. The number of alkyl halides is 3. The van der Waals surface area contributed by atoms with E-state index in [2.05, 4.69) is 20.1 Å². The minimum atomic E-state index is -4.27. The van der Waals surface area contributed by atoms with Crippen molar-refractivity contribution < 1.29 is 13.2 Å². The van der Waals surface area contributed by atoms with Gasteiger partial charge in [0, 0.05) is 25.5 Å². The number of thioether (sulfide) groups is 1. The molecule has 5 nitrogen and oxygen atoms in total. The molecule has 0 radical (unpaired) electrons. The number of aromatic nitrogens is 4. The van der Waals surface area contributed by atoms with Crippen molar-refractivity contribution in [3.63, 3.8) is 0 Å². The maximum Gasteiger partial charge on any atom is 0.416 e. The van der Waals surface area contributed by atoms with E-state index in [0.29, 0.717) is 11.3 Å². The van der Waals surface area contributed by atoms with Crippen LogP contribution in [0.25, 0.3) is 11.5 Å². The molecule has 2 atom stereocenters. The van der Waals surface area contributed by atoms with Crippen molar-refractivity contribution in [2.75, 3.05) is 25.4 Å². The van der Waals surface area contributed by atoms with E-state index in [1.165, 1.54) is 25.0 Å². The van der Waals surface area contributed by atoms with Crippen LogP contribution in [0.4, 0.5) is 13.2 Å². The molecule has 1 aromatic carbocycles. The fourth-order valence-electron chi connectivity index (χ4n) is 5.12. The summed E-state index contributed by atoms with van der Waals surface area (Å²) in [6.07, 6.45) is 1.84. The Morgan fingerprint density at radius 3 is 2.68 bits per heavy atom. The van der Waals surface area contributed by atoms with Crippen molar-refractivity contribution in [3.05, 3.63) is 59.8 Å². The Labute approximate surface area is 201 Å². The van der Waals surface area contributed by atoms with Crippen LogP contribution >= 0.6 is 11.8 Å². The molecule has 1 aliphatic heterocycles. The second-order valence-corrected chi connectivity index (χ2v) is 10.5. The second-order valence-electron chi connectivity index (χ2n) is 9.47. The van der Waals surface area contributed by atoms with Gasteiger partial charge in [-0.3, -0.25) is 4.98 Å². The first kappa shape index (κ1) is 23.4. The van der Waals surface area contributed by atoms with Crippen LogP contribution in [-0.2, 0) is 19.6 Å². The average molecular weight is 488 g/mol. The fraction of sp³-hybridized carbons (Fsp3) is 0.480. The van der Waals surface area contributed by atoms with Crippen LogP contribution in [0.2, 0.25) is 0 Å².